The Balaban J connectivity index is 3.13. The van der Waals surface area contributed by atoms with Crippen LogP contribution in [0, 0.1) is 5.41 Å². The van der Waals surface area contributed by atoms with E-state index in [4.69, 9.17) is 9.47 Å². The lowest BCUT2D eigenvalue weighted by Crippen LogP contribution is -2.22. The Morgan fingerprint density at radius 2 is 1.62 bits per heavy atom. The van der Waals surface area contributed by atoms with Crippen LogP contribution < -0.4 is 0 Å². The average molecular weight is 231 g/mol. The molecule has 4 nitrogen and oxygen atoms in total. The van der Waals surface area contributed by atoms with Crippen molar-refractivity contribution in [2.24, 2.45) is 5.41 Å². The van der Waals surface area contributed by atoms with Gasteiger partial charge in [0, 0.05) is 20.2 Å². The van der Waals surface area contributed by atoms with E-state index in [9.17, 15) is 4.79 Å². The molecule has 0 saturated heterocycles. The van der Waals surface area contributed by atoms with E-state index in [2.05, 4.69) is 20.8 Å². The number of rotatable bonds is 9. The van der Waals surface area contributed by atoms with Crippen LogP contribution in [0.3, 0.4) is 0 Å². The molecule has 0 fully saturated rings. The van der Waals surface area contributed by atoms with Gasteiger partial charge in [0.1, 0.15) is 0 Å². The van der Waals surface area contributed by atoms with Gasteiger partial charge >= 0.3 is 0 Å². The van der Waals surface area contributed by atoms with Gasteiger partial charge in [-0.15, -0.1) is 0 Å². The van der Waals surface area contributed by atoms with Crippen molar-refractivity contribution in [2.45, 2.75) is 27.2 Å². The average Bonchev–Trinajstić information content (AvgIpc) is 2.20. The number of likely N-dealkylation sites (N-methyl/N-ethyl adjacent to an activating group) is 1. The molecule has 0 aliphatic heterocycles. The minimum atomic E-state index is 0.327. The zero-order valence-electron chi connectivity index (χ0n) is 11.0. The van der Waals surface area contributed by atoms with Gasteiger partial charge in [-0.2, -0.15) is 0 Å². The van der Waals surface area contributed by atoms with E-state index in [0.717, 1.165) is 19.4 Å². The zero-order chi connectivity index (χ0) is 12.4. The van der Waals surface area contributed by atoms with Crippen molar-refractivity contribution in [3.05, 3.63) is 0 Å². The summed E-state index contributed by atoms with van der Waals surface area (Å²) in [6.45, 7) is 9.79. The fraction of sp³-hybridized carbons (Fsp3) is 0.917. The second-order valence-corrected chi connectivity index (χ2v) is 5.12. The fourth-order valence-corrected chi connectivity index (χ4v) is 0.962. The molecule has 4 heteroatoms. The van der Waals surface area contributed by atoms with E-state index in [1.54, 1.807) is 11.9 Å². The van der Waals surface area contributed by atoms with Crippen LogP contribution in [-0.4, -0.2) is 51.3 Å². The minimum Gasteiger partial charge on any atom is -0.379 e. The van der Waals surface area contributed by atoms with Crippen LogP contribution in [-0.2, 0) is 14.3 Å². The monoisotopic (exact) mass is 231 g/mol. The van der Waals surface area contributed by atoms with Crippen LogP contribution in [0.15, 0.2) is 0 Å². The third kappa shape index (κ3) is 11.5. The van der Waals surface area contributed by atoms with Crippen LogP contribution in [0.1, 0.15) is 27.2 Å². The Bertz CT molecular complexity index is 178. The molecule has 0 aliphatic carbocycles. The summed E-state index contributed by atoms with van der Waals surface area (Å²) in [4.78, 5) is 11.8. The third-order valence-electron chi connectivity index (χ3n) is 2.14. The number of carbonyl (C=O) groups excluding carboxylic acids is 1. The maximum atomic E-state index is 10.2. The van der Waals surface area contributed by atoms with Crippen LogP contribution in [0.25, 0.3) is 0 Å². The zero-order valence-corrected chi connectivity index (χ0v) is 11.0. The summed E-state index contributed by atoms with van der Waals surface area (Å²) < 4.78 is 10.7. The van der Waals surface area contributed by atoms with Crippen LogP contribution in [0.5, 0.6) is 0 Å². The summed E-state index contributed by atoms with van der Waals surface area (Å²) in [5.41, 5.74) is 0.327. The quantitative estimate of drug-likeness (QED) is 0.446. The maximum Gasteiger partial charge on any atom is 0.209 e. The first-order valence-electron chi connectivity index (χ1n) is 5.77. The highest BCUT2D eigenvalue weighted by molar-refractivity contribution is 5.46. The lowest BCUT2D eigenvalue weighted by Gasteiger charge is -2.17. The van der Waals surface area contributed by atoms with Gasteiger partial charge in [-0.1, -0.05) is 20.8 Å². The van der Waals surface area contributed by atoms with Gasteiger partial charge in [-0.3, -0.25) is 4.79 Å². The predicted molar refractivity (Wildman–Crippen MR) is 64.4 cm³/mol. The molecule has 96 valence electrons. The number of amides is 1. The van der Waals surface area contributed by atoms with E-state index in [1.165, 1.54) is 0 Å². The molecule has 16 heavy (non-hydrogen) atoms. The summed E-state index contributed by atoms with van der Waals surface area (Å²) >= 11 is 0. The highest BCUT2D eigenvalue weighted by Crippen LogP contribution is 2.17. The molecule has 0 rings (SSSR count). The second kappa shape index (κ2) is 8.53. The van der Waals surface area contributed by atoms with Crippen molar-refractivity contribution in [3.8, 4) is 0 Å². The summed E-state index contributed by atoms with van der Waals surface area (Å²) in [6.07, 6.45) is 1.85. The van der Waals surface area contributed by atoms with Crippen LogP contribution in [0.2, 0.25) is 0 Å². The van der Waals surface area contributed by atoms with E-state index in [-0.39, 0.29) is 0 Å². The fourth-order valence-electron chi connectivity index (χ4n) is 0.962. The second-order valence-electron chi connectivity index (χ2n) is 5.12. The van der Waals surface area contributed by atoms with Crippen molar-refractivity contribution in [2.75, 3.05) is 40.0 Å². The Morgan fingerprint density at radius 1 is 1.06 bits per heavy atom. The van der Waals surface area contributed by atoms with Crippen molar-refractivity contribution < 1.29 is 14.3 Å². The molecule has 0 aromatic carbocycles. The van der Waals surface area contributed by atoms with E-state index in [0.29, 0.717) is 31.8 Å². The first-order valence-corrected chi connectivity index (χ1v) is 5.77. The van der Waals surface area contributed by atoms with Gasteiger partial charge in [0.05, 0.1) is 19.8 Å². The molecular formula is C12H25NO3. The molecule has 0 aromatic heterocycles. The van der Waals surface area contributed by atoms with E-state index >= 15 is 0 Å². The smallest absolute Gasteiger partial charge is 0.209 e. The van der Waals surface area contributed by atoms with Crippen molar-refractivity contribution in [1.82, 2.24) is 4.90 Å². The molecule has 0 spiro atoms. The summed E-state index contributed by atoms with van der Waals surface area (Å²) in [5.74, 6) is 0. The Hall–Kier alpha value is -0.610. The minimum absolute atomic E-state index is 0.327. The van der Waals surface area contributed by atoms with Crippen molar-refractivity contribution >= 4 is 6.41 Å². The Kier molecular flexibility index (Phi) is 8.21. The molecule has 0 aromatic rings. The molecule has 0 radical (unpaired) electrons. The molecule has 0 N–H and O–H groups in total. The number of hydrogen-bond acceptors (Lipinski definition) is 3. The molecule has 0 bridgehead atoms. The predicted octanol–water partition coefficient (Wildman–Crippen LogP) is 1.54. The number of carbonyl (C=O) groups is 1. The normalized spacial score (nSPS) is 11.5. The molecule has 1 amide bonds. The standard InChI is InChI=1S/C12H25NO3/c1-12(2,3)5-7-15-9-10-16-8-6-13(4)11-14/h11H,5-10H2,1-4H3. The molecule has 0 unspecified atom stereocenters. The number of ether oxygens (including phenoxy) is 2. The first-order chi connectivity index (χ1) is 7.45. The van der Waals surface area contributed by atoms with E-state index in [1.807, 2.05) is 0 Å². The van der Waals surface area contributed by atoms with E-state index < -0.39 is 0 Å². The summed E-state index contributed by atoms with van der Waals surface area (Å²) in [7, 11) is 1.73. The maximum absolute atomic E-state index is 10.2. The highest BCUT2D eigenvalue weighted by Gasteiger charge is 2.08. The highest BCUT2D eigenvalue weighted by atomic mass is 16.5. The molecule has 0 aliphatic rings. The summed E-state index contributed by atoms with van der Waals surface area (Å²) in [6, 6.07) is 0. The Morgan fingerprint density at radius 3 is 2.12 bits per heavy atom. The molecule has 0 atom stereocenters. The van der Waals surface area contributed by atoms with Crippen LogP contribution in [0.4, 0.5) is 0 Å². The number of hydrogen-bond donors (Lipinski definition) is 0. The van der Waals surface area contributed by atoms with Crippen molar-refractivity contribution in [3.63, 3.8) is 0 Å². The van der Waals surface area contributed by atoms with Gasteiger partial charge in [-0.25, -0.2) is 0 Å². The molecule has 0 saturated carbocycles. The van der Waals surface area contributed by atoms with Gasteiger partial charge in [0.25, 0.3) is 0 Å². The lowest BCUT2D eigenvalue weighted by atomic mass is 9.93. The topological polar surface area (TPSA) is 38.8 Å². The van der Waals surface area contributed by atoms with Gasteiger partial charge < -0.3 is 14.4 Å². The third-order valence-corrected chi connectivity index (χ3v) is 2.14. The van der Waals surface area contributed by atoms with Crippen LogP contribution >= 0.6 is 0 Å². The molecular weight excluding hydrogens is 206 g/mol. The largest absolute Gasteiger partial charge is 0.379 e. The van der Waals surface area contributed by atoms with Gasteiger partial charge in [0.15, 0.2) is 0 Å². The van der Waals surface area contributed by atoms with Gasteiger partial charge in [-0.05, 0) is 11.8 Å². The lowest BCUT2D eigenvalue weighted by molar-refractivity contribution is -0.117. The molecule has 0 heterocycles. The van der Waals surface area contributed by atoms with Crippen molar-refractivity contribution in [1.29, 1.82) is 0 Å². The first kappa shape index (κ1) is 15.4. The van der Waals surface area contributed by atoms with Gasteiger partial charge in [0.2, 0.25) is 6.41 Å². The Labute approximate surface area is 98.9 Å². The SMILES string of the molecule is CN(C=O)CCOCCOCCC(C)(C)C. The number of nitrogens with zero attached hydrogens (tertiary/aromatic N) is 1. The summed E-state index contributed by atoms with van der Waals surface area (Å²) in [5, 5.41) is 0.